The van der Waals surface area contributed by atoms with Crippen LogP contribution in [0.25, 0.3) is 0 Å². The molecule has 10 nitrogen and oxygen atoms in total. The van der Waals surface area contributed by atoms with Gasteiger partial charge < -0.3 is 15.6 Å². The smallest absolute Gasteiger partial charge is 0.228 e. The van der Waals surface area contributed by atoms with Crippen LogP contribution < -0.4 is 5.73 Å². The van der Waals surface area contributed by atoms with Gasteiger partial charge in [-0.3, -0.25) is 33.8 Å². The summed E-state index contributed by atoms with van der Waals surface area (Å²) in [6, 6.07) is 0.612. The number of carbonyl (C=O) groups excluding carboxylic acids is 5. The van der Waals surface area contributed by atoms with Crippen molar-refractivity contribution < 1.29 is 33.8 Å². The van der Waals surface area contributed by atoms with Crippen molar-refractivity contribution in [3.05, 3.63) is 27.8 Å². The summed E-state index contributed by atoms with van der Waals surface area (Å²) in [7, 11) is 6.57. The first-order valence-corrected chi connectivity index (χ1v) is 14.7. The van der Waals surface area contributed by atoms with E-state index in [4.69, 9.17) is 22.1 Å². The van der Waals surface area contributed by atoms with Gasteiger partial charge >= 0.3 is 0 Å². The molecule has 6 unspecified atom stereocenters. The molecule has 6 atom stereocenters. The van der Waals surface area contributed by atoms with Crippen molar-refractivity contribution in [3.8, 4) is 5.75 Å². The van der Waals surface area contributed by atoms with Crippen LogP contribution >= 0.6 is 11.6 Å². The molecule has 3 aliphatic rings. The average Bonchev–Trinajstić information content (AvgIpc) is 2.90. The monoisotopic (exact) mass is 603 g/mol. The molecule has 0 saturated heterocycles. The van der Waals surface area contributed by atoms with Gasteiger partial charge in [0, 0.05) is 36.9 Å². The number of benzene rings is 1. The molecule has 3 N–H and O–H groups in total. The van der Waals surface area contributed by atoms with E-state index in [1.807, 2.05) is 32.6 Å². The molecule has 2 saturated carbocycles. The van der Waals surface area contributed by atoms with E-state index in [0.29, 0.717) is 22.6 Å². The zero-order valence-electron chi connectivity index (χ0n) is 25.6. The number of phenols is 1. The molecular weight excluding hydrogens is 562 g/mol. The number of Topliss-reactive ketones (excluding diaryl/α,β-unsaturated/α-hetero) is 4. The number of ether oxygens (including phenoxy) is 1. The van der Waals surface area contributed by atoms with Crippen molar-refractivity contribution in [2.45, 2.75) is 70.7 Å². The maximum absolute atomic E-state index is 14.3. The molecule has 0 aromatic heterocycles. The van der Waals surface area contributed by atoms with Gasteiger partial charge in [-0.05, 0) is 70.9 Å². The van der Waals surface area contributed by atoms with Gasteiger partial charge in [0.25, 0.3) is 0 Å². The second kappa shape index (κ2) is 11.1. The number of nitrogens with two attached hydrogens (primary N) is 1. The van der Waals surface area contributed by atoms with Crippen molar-refractivity contribution in [2.24, 2.45) is 35.3 Å². The normalized spacial score (nSPS) is 29.5. The predicted octanol–water partition coefficient (Wildman–Crippen LogP) is 2.43. The summed E-state index contributed by atoms with van der Waals surface area (Å²) in [5.74, 6) is -6.12. The first-order valence-electron chi connectivity index (χ1n) is 14.3. The number of amides is 1. The molecule has 3 aliphatic carbocycles. The summed E-state index contributed by atoms with van der Waals surface area (Å²) >= 11 is 6.92. The zero-order chi connectivity index (χ0) is 31.6. The molecule has 11 heteroatoms. The summed E-state index contributed by atoms with van der Waals surface area (Å²) in [4.78, 5) is 70.4. The number of fused-ring (bicyclic) bond motifs is 3. The predicted molar refractivity (Wildman–Crippen MR) is 156 cm³/mol. The Balaban J connectivity index is 1.77. The van der Waals surface area contributed by atoms with E-state index >= 15 is 0 Å². The first kappa shape index (κ1) is 32.3. The van der Waals surface area contributed by atoms with E-state index in [0.717, 1.165) is 0 Å². The van der Waals surface area contributed by atoms with E-state index in [9.17, 15) is 29.1 Å². The number of rotatable bonds is 8. The lowest BCUT2D eigenvalue weighted by Crippen LogP contribution is -2.70. The van der Waals surface area contributed by atoms with Gasteiger partial charge in [0.05, 0.1) is 23.1 Å². The second-order valence-corrected chi connectivity index (χ2v) is 13.6. The van der Waals surface area contributed by atoms with E-state index < -0.39 is 58.3 Å². The van der Waals surface area contributed by atoms with Crippen LogP contribution in [0.5, 0.6) is 5.75 Å². The fraction of sp³-hybridized carbons (Fsp3) is 0.645. The van der Waals surface area contributed by atoms with Gasteiger partial charge in [0.1, 0.15) is 17.3 Å². The minimum absolute atomic E-state index is 0.00530. The van der Waals surface area contributed by atoms with Gasteiger partial charge in [0.2, 0.25) is 5.91 Å². The summed E-state index contributed by atoms with van der Waals surface area (Å²) in [6.45, 7) is 7.60. The SMILES string of the molecule is COC12CC(C(N)=O)C(=O)C(N(C)C)C1CC1Cc3c(Cl)c(CN(C)C(C)(C)C(=O)C(C)C)cc(O)c3C(=O)C1C2=O. The molecule has 1 aromatic carbocycles. The molecule has 0 spiro atoms. The van der Waals surface area contributed by atoms with Crippen LogP contribution in [0.3, 0.4) is 0 Å². The fourth-order valence-electron chi connectivity index (χ4n) is 7.59. The van der Waals surface area contributed by atoms with Crippen molar-refractivity contribution in [1.82, 2.24) is 9.80 Å². The van der Waals surface area contributed by atoms with E-state index in [-0.39, 0.29) is 48.2 Å². The Morgan fingerprint density at radius 1 is 1.21 bits per heavy atom. The maximum Gasteiger partial charge on any atom is 0.228 e. The molecule has 2 fully saturated rings. The largest absolute Gasteiger partial charge is 0.507 e. The van der Waals surface area contributed by atoms with Gasteiger partial charge in [-0.1, -0.05) is 25.4 Å². The Morgan fingerprint density at radius 3 is 2.36 bits per heavy atom. The first-order chi connectivity index (χ1) is 19.4. The number of aromatic hydroxyl groups is 1. The fourth-order valence-corrected chi connectivity index (χ4v) is 7.87. The van der Waals surface area contributed by atoms with Gasteiger partial charge in [-0.2, -0.15) is 0 Å². The Labute approximate surface area is 251 Å². The number of methoxy groups -OCH3 is 1. The van der Waals surface area contributed by atoms with Crippen molar-refractivity contribution in [3.63, 3.8) is 0 Å². The summed E-state index contributed by atoms with van der Waals surface area (Å²) in [5, 5.41) is 11.4. The molecule has 0 radical (unpaired) electrons. The van der Waals surface area contributed by atoms with Gasteiger partial charge in [-0.25, -0.2) is 0 Å². The van der Waals surface area contributed by atoms with Crippen LogP contribution in [0.1, 0.15) is 62.0 Å². The molecular formula is C31H42ClN3O7. The van der Waals surface area contributed by atoms with Crippen molar-refractivity contribution in [2.75, 3.05) is 28.3 Å². The van der Waals surface area contributed by atoms with E-state index in [2.05, 4.69) is 0 Å². The highest BCUT2D eigenvalue weighted by molar-refractivity contribution is 6.33. The number of primary amides is 1. The Morgan fingerprint density at radius 2 is 1.83 bits per heavy atom. The van der Waals surface area contributed by atoms with Crippen LogP contribution in [0.4, 0.5) is 0 Å². The van der Waals surface area contributed by atoms with Crippen LogP contribution in [0, 0.1) is 29.6 Å². The highest BCUT2D eigenvalue weighted by Crippen LogP contribution is 2.54. The third-order valence-electron chi connectivity index (χ3n) is 10.0. The number of hydrogen-bond donors (Lipinski definition) is 2. The van der Waals surface area contributed by atoms with Crippen LogP contribution in [0.2, 0.25) is 5.02 Å². The summed E-state index contributed by atoms with van der Waals surface area (Å²) < 4.78 is 5.86. The molecule has 230 valence electrons. The summed E-state index contributed by atoms with van der Waals surface area (Å²) in [6.07, 6.45) is 0.310. The topological polar surface area (TPSA) is 147 Å². The molecule has 0 bridgehead atoms. The number of nitrogens with zero attached hydrogens (tertiary/aromatic N) is 2. The molecule has 42 heavy (non-hydrogen) atoms. The van der Waals surface area contributed by atoms with E-state index in [1.54, 1.807) is 26.0 Å². The number of halogens is 1. The molecule has 4 rings (SSSR count). The minimum atomic E-state index is -1.56. The zero-order valence-corrected chi connectivity index (χ0v) is 26.4. The number of likely N-dealkylation sites (N-methyl/N-ethyl adjacent to an activating group) is 2. The number of hydrogen-bond acceptors (Lipinski definition) is 9. The van der Waals surface area contributed by atoms with Crippen LogP contribution in [0.15, 0.2) is 6.07 Å². The quantitative estimate of drug-likeness (QED) is 0.427. The highest BCUT2D eigenvalue weighted by atomic mass is 35.5. The third kappa shape index (κ3) is 4.80. The lowest BCUT2D eigenvalue weighted by atomic mass is 9.52. The van der Waals surface area contributed by atoms with Crippen LogP contribution in [-0.2, 0) is 36.9 Å². The Bertz CT molecular complexity index is 1360. The number of phenolic OH excluding ortho intramolecular Hbond substituents is 1. The lowest BCUT2D eigenvalue weighted by Gasteiger charge is -2.55. The standard InChI is InChI=1S/C31H42ClN3O7/c1-14(2)27(39)30(3,4)35(7)13-16-11-20(36)22-17(23(16)32)9-15-10-19-24(34(5)6)25(37)18(29(33)41)12-31(19,42-8)28(40)21(15)26(22)38/h11,14-15,18-19,21,24,36H,9-10,12-13H2,1-8H3,(H2,33,41). The number of ketones is 4. The lowest BCUT2D eigenvalue weighted by molar-refractivity contribution is -0.182. The third-order valence-corrected chi connectivity index (χ3v) is 10.5. The highest BCUT2D eigenvalue weighted by Gasteiger charge is 2.65. The average molecular weight is 604 g/mol. The van der Waals surface area contributed by atoms with Crippen molar-refractivity contribution in [1.29, 1.82) is 0 Å². The number of carbonyl (C=O) groups is 5. The second-order valence-electron chi connectivity index (χ2n) is 13.2. The summed E-state index contributed by atoms with van der Waals surface area (Å²) in [5.41, 5.74) is 4.24. The Hall–Kier alpha value is -2.66. The molecule has 1 amide bonds. The Kier molecular flexibility index (Phi) is 8.54. The molecule has 0 heterocycles. The van der Waals surface area contributed by atoms with Crippen molar-refractivity contribution >= 4 is 40.6 Å². The van der Waals surface area contributed by atoms with Gasteiger partial charge in [-0.15, -0.1) is 0 Å². The van der Waals surface area contributed by atoms with Gasteiger partial charge in [0.15, 0.2) is 23.1 Å². The molecule has 1 aromatic rings. The van der Waals surface area contributed by atoms with E-state index in [1.165, 1.54) is 13.2 Å². The minimum Gasteiger partial charge on any atom is -0.507 e. The maximum atomic E-state index is 14.3. The molecule has 0 aliphatic heterocycles. The van der Waals surface area contributed by atoms with Crippen LogP contribution in [-0.4, -0.2) is 89.4 Å².